The maximum Gasteiger partial charge on any atom is 0.253 e. The summed E-state index contributed by atoms with van der Waals surface area (Å²) in [5.74, 6) is 0.921. The minimum Gasteiger partial charge on any atom is -0.317 e. The van der Waals surface area contributed by atoms with Crippen molar-refractivity contribution in [1.29, 1.82) is 0 Å². The van der Waals surface area contributed by atoms with Gasteiger partial charge in [0.2, 0.25) is 0 Å². The summed E-state index contributed by atoms with van der Waals surface area (Å²) >= 11 is 1.73. The molecular weight excluding hydrogens is 224 g/mol. The predicted octanol–water partition coefficient (Wildman–Crippen LogP) is 1.18. The average molecular weight is 246 g/mol. The van der Waals surface area contributed by atoms with E-state index in [0.717, 1.165) is 25.9 Å². The molecule has 0 unspecified atom stereocenters. The molecule has 1 rings (SSSR count). The lowest BCUT2D eigenvalue weighted by Gasteiger charge is -2.21. The first kappa shape index (κ1) is 13.8. The number of piperidine rings is 1. The molecule has 0 aromatic heterocycles. The lowest BCUT2D eigenvalue weighted by molar-refractivity contribution is -0.131. The van der Waals surface area contributed by atoms with Gasteiger partial charge in [0.15, 0.2) is 0 Å². The Morgan fingerprint density at radius 3 is 2.81 bits per heavy atom. The Morgan fingerprint density at radius 2 is 2.19 bits per heavy atom. The molecule has 94 valence electrons. The maximum absolute atomic E-state index is 11.4. The maximum atomic E-state index is 11.4. The lowest BCUT2D eigenvalue weighted by Crippen LogP contribution is -2.31. The van der Waals surface area contributed by atoms with E-state index in [1.54, 1.807) is 11.8 Å². The van der Waals surface area contributed by atoms with E-state index in [0.29, 0.717) is 23.5 Å². The summed E-state index contributed by atoms with van der Waals surface area (Å²) < 4.78 is 0. The molecule has 0 atom stereocenters. The number of carbonyl (C=O) groups excluding carboxylic acids is 1. The molecule has 1 heterocycles. The van der Waals surface area contributed by atoms with Crippen molar-refractivity contribution in [2.75, 3.05) is 25.4 Å². The Labute approximate surface area is 102 Å². The van der Waals surface area contributed by atoms with Gasteiger partial charge in [0.05, 0.1) is 12.4 Å². The molecule has 2 N–H and O–H groups in total. The Morgan fingerprint density at radius 1 is 1.50 bits per heavy atom. The van der Waals surface area contributed by atoms with Crippen LogP contribution in [0, 0.1) is 5.92 Å². The molecule has 1 saturated heterocycles. The van der Waals surface area contributed by atoms with Crippen LogP contribution in [0.25, 0.3) is 0 Å². The third-order valence-corrected chi connectivity index (χ3v) is 3.71. The molecule has 0 spiro atoms. The Kier molecular flexibility index (Phi) is 6.84. The number of hydrogen-bond donors (Lipinski definition) is 2. The molecule has 16 heavy (non-hydrogen) atoms. The van der Waals surface area contributed by atoms with E-state index in [9.17, 15) is 4.79 Å². The van der Waals surface area contributed by atoms with Crippen molar-refractivity contribution in [3.05, 3.63) is 0 Å². The van der Waals surface area contributed by atoms with Crippen molar-refractivity contribution >= 4 is 17.7 Å². The molecule has 1 aliphatic heterocycles. The highest BCUT2D eigenvalue weighted by Gasteiger charge is 2.14. The predicted molar refractivity (Wildman–Crippen MR) is 67.3 cm³/mol. The van der Waals surface area contributed by atoms with Crippen molar-refractivity contribution in [3.8, 4) is 0 Å². The van der Waals surface area contributed by atoms with Crippen molar-refractivity contribution in [2.45, 2.75) is 31.9 Å². The van der Waals surface area contributed by atoms with Crippen LogP contribution in [-0.4, -0.2) is 36.6 Å². The lowest BCUT2D eigenvalue weighted by atomic mass is 10.2. The van der Waals surface area contributed by atoms with Crippen LogP contribution in [0.3, 0.4) is 0 Å². The zero-order valence-corrected chi connectivity index (χ0v) is 10.9. The number of hydroxylamine groups is 1. The van der Waals surface area contributed by atoms with Crippen molar-refractivity contribution in [2.24, 2.45) is 5.92 Å². The number of hydrogen-bond acceptors (Lipinski definition) is 4. The summed E-state index contributed by atoms with van der Waals surface area (Å²) in [4.78, 5) is 16.5. The molecule has 1 aliphatic rings. The summed E-state index contributed by atoms with van der Waals surface area (Å²) in [5.41, 5.74) is 2.48. The van der Waals surface area contributed by atoms with E-state index in [2.05, 4.69) is 24.6 Å². The number of rotatable bonds is 6. The van der Waals surface area contributed by atoms with Crippen molar-refractivity contribution in [1.82, 2.24) is 10.8 Å². The van der Waals surface area contributed by atoms with Crippen molar-refractivity contribution in [3.63, 3.8) is 0 Å². The number of carbonyl (C=O) groups is 1. The fourth-order valence-corrected chi connectivity index (χ4v) is 2.49. The second-order valence-corrected chi connectivity index (χ2v) is 5.78. The Hall–Kier alpha value is -0.260. The van der Waals surface area contributed by atoms with Gasteiger partial charge in [-0.1, -0.05) is 13.8 Å². The highest BCUT2D eigenvalue weighted by atomic mass is 32.2. The van der Waals surface area contributed by atoms with Crippen LogP contribution in [-0.2, 0) is 9.63 Å². The highest BCUT2D eigenvalue weighted by Crippen LogP contribution is 2.19. The van der Waals surface area contributed by atoms with Gasteiger partial charge in [-0.3, -0.25) is 9.63 Å². The zero-order valence-electron chi connectivity index (χ0n) is 10.1. The Bertz CT molecular complexity index is 206. The third kappa shape index (κ3) is 6.35. The van der Waals surface area contributed by atoms with Gasteiger partial charge >= 0.3 is 0 Å². The summed E-state index contributed by atoms with van der Waals surface area (Å²) in [6.45, 7) is 6.82. The fraction of sp³-hybridized carbons (Fsp3) is 0.909. The van der Waals surface area contributed by atoms with Gasteiger partial charge in [-0.2, -0.15) is 0 Å². The fourth-order valence-electron chi connectivity index (χ4n) is 1.47. The molecule has 5 heteroatoms. The first-order chi connectivity index (χ1) is 7.68. The SMILES string of the molecule is CC(C)CONC(=O)CSC1CCNCC1. The van der Waals surface area contributed by atoms with Crippen LogP contribution in [0.1, 0.15) is 26.7 Å². The van der Waals surface area contributed by atoms with E-state index in [1.807, 2.05) is 0 Å². The second-order valence-electron chi connectivity index (χ2n) is 4.49. The van der Waals surface area contributed by atoms with E-state index in [4.69, 9.17) is 4.84 Å². The largest absolute Gasteiger partial charge is 0.317 e. The van der Waals surface area contributed by atoms with Crippen LogP contribution in [0.5, 0.6) is 0 Å². The highest BCUT2D eigenvalue weighted by molar-refractivity contribution is 8.00. The topological polar surface area (TPSA) is 50.4 Å². The van der Waals surface area contributed by atoms with Crippen molar-refractivity contribution < 1.29 is 9.63 Å². The molecule has 0 aliphatic carbocycles. The van der Waals surface area contributed by atoms with Crippen LogP contribution in [0.4, 0.5) is 0 Å². The second kappa shape index (κ2) is 7.92. The first-order valence-electron chi connectivity index (χ1n) is 5.91. The van der Waals surface area contributed by atoms with E-state index in [-0.39, 0.29) is 5.91 Å². The molecule has 0 saturated carbocycles. The van der Waals surface area contributed by atoms with Crippen LogP contribution >= 0.6 is 11.8 Å². The van der Waals surface area contributed by atoms with Gasteiger partial charge in [0, 0.05) is 5.25 Å². The van der Waals surface area contributed by atoms with Crippen LogP contribution < -0.4 is 10.8 Å². The normalized spacial score (nSPS) is 17.7. The summed E-state index contributed by atoms with van der Waals surface area (Å²) in [7, 11) is 0. The zero-order chi connectivity index (χ0) is 11.8. The van der Waals surface area contributed by atoms with Gasteiger partial charge in [-0.15, -0.1) is 11.8 Å². The number of amides is 1. The first-order valence-corrected chi connectivity index (χ1v) is 6.96. The number of nitrogens with one attached hydrogen (secondary N) is 2. The van der Waals surface area contributed by atoms with E-state index < -0.39 is 0 Å². The summed E-state index contributed by atoms with van der Waals surface area (Å²) in [6.07, 6.45) is 2.32. The van der Waals surface area contributed by atoms with E-state index in [1.165, 1.54) is 0 Å². The molecule has 0 aromatic rings. The van der Waals surface area contributed by atoms with Gasteiger partial charge in [0.1, 0.15) is 0 Å². The average Bonchev–Trinajstić information content (AvgIpc) is 2.27. The van der Waals surface area contributed by atoms with Crippen LogP contribution in [0.2, 0.25) is 0 Å². The monoisotopic (exact) mass is 246 g/mol. The summed E-state index contributed by atoms with van der Waals surface area (Å²) in [5, 5.41) is 3.93. The molecule has 4 nitrogen and oxygen atoms in total. The molecular formula is C11H22N2O2S. The third-order valence-electron chi connectivity index (χ3n) is 2.34. The minimum absolute atomic E-state index is 0.0239. The molecule has 1 fully saturated rings. The Balaban J connectivity index is 2.00. The van der Waals surface area contributed by atoms with Gasteiger partial charge in [-0.05, 0) is 31.8 Å². The smallest absolute Gasteiger partial charge is 0.253 e. The quantitative estimate of drug-likeness (QED) is 0.691. The molecule has 0 aromatic carbocycles. The van der Waals surface area contributed by atoms with Gasteiger partial charge < -0.3 is 5.32 Å². The van der Waals surface area contributed by atoms with Gasteiger partial charge in [0.25, 0.3) is 5.91 Å². The number of thioether (sulfide) groups is 1. The van der Waals surface area contributed by atoms with E-state index >= 15 is 0 Å². The molecule has 1 amide bonds. The molecule has 0 radical (unpaired) electrons. The van der Waals surface area contributed by atoms with Crippen LogP contribution in [0.15, 0.2) is 0 Å². The standard InChI is InChI=1S/C11H22N2O2S/c1-9(2)7-15-13-11(14)8-16-10-3-5-12-6-4-10/h9-10,12H,3-8H2,1-2H3,(H,13,14). The minimum atomic E-state index is -0.0239. The summed E-state index contributed by atoms with van der Waals surface area (Å²) in [6, 6.07) is 0. The van der Waals surface area contributed by atoms with Gasteiger partial charge in [-0.25, -0.2) is 5.48 Å². The molecule has 0 bridgehead atoms.